The van der Waals surface area contributed by atoms with Crippen LogP contribution < -0.4 is 5.32 Å². The molecule has 16 heavy (non-hydrogen) atoms. The lowest BCUT2D eigenvalue weighted by Crippen LogP contribution is -2.35. The minimum atomic E-state index is 0.652. The molecule has 2 aliphatic rings. The van der Waals surface area contributed by atoms with E-state index in [4.69, 9.17) is 4.74 Å². The molecule has 2 saturated heterocycles. The van der Waals surface area contributed by atoms with E-state index in [1.165, 1.54) is 19.6 Å². The molecule has 0 aliphatic carbocycles. The zero-order valence-electron chi connectivity index (χ0n) is 10.9. The van der Waals surface area contributed by atoms with Gasteiger partial charge in [-0.3, -0.25) is 4.90 Å². The van der Waals surface area contributed by atoms with Crippen LogP contribution in [0, 0.1) is 17.8 Å². The lowest BCUT2D eigenvalue weighted by Gasteiger charge is -2.24. The van der Waals surface area contributed by atoms with Crippen molar-refractivity contribution >= 4 is 0 Å². The summed E-state index contributed by atoms with van der Waals surface area (Å²) in [5, 5.41) is 3.50. The topological polar surface area (TPSA) is 24.5 Å². The summed E-state index contributed by atoms with van der Waals surface area (Å²) in [4.78, 5) is 2.61. The lowest BCUT2D eigenvalue weighted by atomic mass is 9.95. The third-order valence-corrected chi connectivity index (χ3v) is 4.03. The molecule has 0 aromatic rings. The van der Waals surface area contributed by atoms with Gasteiger partial charge in [0.2, 0.25) is 0 Å². The van der Waals surface area contributed by atoms with E-state index in [1.807, 2.05) is 0 Å². The monoisotopic (exact) mass is 226 g/mol. The van der Waals surface area contributed by atoms with Crippen LogP contribution in [0.2, 0.25) is 0 Å². The van der Waals surface area contributed by atoms with Gasteiger partial charge in [-0.15, -0.1) is 0 Å². The molecule has 3 heteroatoms. The Morgan fingerprint density at radius 3 is 2.88 bits per heavy atom. The van der Waals surface area contributed by atoms with Crippen LogP contribution in [0.4, 0.5) is 0 Å². The first-order valence-corrected chi connectivity index (χ1v) is 6.71. The molecule has 1 N–H and O–H groups in total. The quantitative estimate of drug-likeness (QED) is 0.713. The molecular weight excluding hydrogens is 200 g/mol. The van der Waals surface area contributed by atoms with E-state index < -0.39 is 0 Å². The van der Waals surface area contributed by atoms with E-state index in [-0.39, 0.29) is 0 Å². The van der Waals surface area contributed by atoms with Gasteiger partial charge in [-0.25, -0.2) is 0 Å². The van der Waals surface area contributed by atoms with Crippen molar-refractivity contribution in [2.24, 2.45) is 17.8 Å². The van der Waals surface area contributed by atoms with Crippen LogP contribution in [0.3, 0.4) is 0 Å². The van der Waals surface area contributed by atoms with Gasteiger partial charge in [0, 0.05) is 25.7 Å². The van der Waals surface area contributed by atoms with Gasteiger partial charge >= 0.3 is 0 Å². The zero-order chi connectivity index (χ0) is 11.5. The van der Waals surface area contributed by atoms with Gasteiger partial charge in [-0.2, -0.15) is 0 Å². The molecule has 0 aromatic heterocycles. The number of fused-ring (bicyclic) bond motifs is 1. The number of nitrogens with one attached hydrogen (secondary N) is 1. The fraction of sp³-hybridized carbons (Fsp3) is 1.00. The standard InChI is InChI=1S/C13H26N2O/c1-10(2)9-16-5-4-15-8-12-6-14-7-13(12)11(15)3/h10-14H,4-9H2,1-3H3. The van der Waals surface area contributed by atoms with Crippen LogP contribution in [0.5, 0.6) is 0 Å². The summed E-state index contributed by atoms with van der Waals surface area (Å²) in [5.74, 6) is 2.42. The highest BCUT2D eigenvalue weighted by Gasteiger charge is 2.41. The molecule has 0 bridgehead atoms. The maximum Gasteiger partial charge on any atom is 0.0593 e. The molecule has 0 saturated carbocycles. The maximum absolute atomic E-state index is 5.67. The highest BCUT2D eigenvalue weighted by Crippen LogP contribution is 2.31. The van der Waals surface area contributed by atoms with E-state index in [2.05, 4.69) is 31.0 Å². The Kier molecular flexibility index (Phi) is 4.22. The van der Waals surface area contributed by atoms with Crippen LogP contribution in [0.25, 0.3) is 0 Å². The lowest BCUT2D eigenvalue weighted by molar-refractivity contribution is 0.0807. The summed E-state index contributed by atoms with van der Waals surface area (Å²) >= 11 is 0. The number of likely N-dealkylation sites (tertiary alicyclic amines) is 1. The summed E-state index contributed by atoms with van der Waals surface area (Å²) in [6.07, 6.45) is 0. The first-order chi connectivity index (χ1) is 7.68. The van der Waals surface area contributed by atoms with Crippen molar-refractivity contribution in [2.45, 2.75) is 26.8 Å². The van der Waals surface area contributed by atoms with Gasteiger partial charge in [0.15, 0.2) is 0 Å². The van der Waals surface area contributed by atoms with Gasteiger partial charge in [0.05, 0.1) is 6.61 Å². The fourth-order valence-electron chi connectivity index (χ4n) is 3.05. The average molecular weight is 226 g/mol. The van der Waals surface area contributed by atoms with Crippen LogP contribution >= 0.6 is 0 Å². The van der Waals surface area contributed by atoms with Crippen molar-refractivity contribution in [1.29, 1.82) is 0 Å². The number of ether oxygens (including phenoxy) is 1. The largest absolute Gasteiger partial charge is 0.380 e. The van der Waals surface area contributed by atoms with Gasteiger partial charge < -0.3 is 10.1 Å². The third-order valence-electron chi connectivity index (χ3n) is 4.03. The Morgan fingerprint density at radius 1 is 1.38 bits per heavy atom. The van der Waals surface area contributed by atoms with Crippen molar-refractivity contribution < 1.29 is 4.74 Å². The third kappa shape index (κ3) is 2.76. The molecular formula is C13H26N2O. The van der Waals surface area contributed by atoms with E-state index in [0.29, 0.717) is 5.92 Å². The Balaban J connectivity index is 1.67. The average Bonchev–Trinajstić information content (AvgIpc) is 2.78. The minimum absolute atomic E-state index is 0.652. The van der Waals surface area contributed by atoms with Crippen molar-refractivity contribution in [3.05, 3.63) is 0 Å². The SMILES string of the molecule is CC(C)COCCN1CC2CNCC2C1C. The number of rotatable bonds is 5. The van der Waals surface area contributed by atoms with Crippen LogP contribution in [-0.2, 0) is 4.74 Å². The Morgan fingerprint density at radius 2 is 2.19 bits per heavy atom. The molecule has 94 valence electrons. The van der Waals surface area contributed by atoms with Gasteiger partial charge in [0.25, 0.3) is 0 Å². The summed E-state index contributed by atoms with van der Waals surface area (Å²) < 4.78 is 5.67. The summed E-state index contributed by atoms with van der Waals surface area (Å²) in [7, 11) is 0. The predicted octanol–water partition coefficient (Wildman–Crippen LogP) is 1.20. The molecule has 3 atom stereocenters. The number of hydrogen-bond acceptors (Lipinski definition) is 3. The van der Waals surface area contributed by atoms with E-state index in [9.17, 15) is 0 Å². The van der Waals surface area contributed by atoms with Crippen molar-refractivity contribution in [3.8, 4) is 0 Å². The van der Waals surface area contributed by atoms with Crippen molar-refractivity contribution in [1.82, 2.24) is 10.2 Å². The molecule has 2 aliphatic heterocycles. The Bertz CT molecular complexity index is 220. The van der Waals surface area contributed by atoms with E-state index in [0.717, 1.165) is 37.6 Å². The molecule has 2 rings (SSSR count). The van der Waals surface area contributed by atoms with Gasteiger partial charge in [-0.1, -0.05) is 13.8 Å². The Hall–Kier alpha value is -0.120. The molecule has 0 radical (unpaired) electrons. The number of hydrogen-bond donors (Lipinski definition) is 1. The molecule has 3 unspecified atom stereocenters. The smallest absolute Gasteiger partial charge is 0.0593 e. The predicted molar refractivity (Wildman–Crippen MR) is 66.5 cm³/mol. The molecule has 3 nitrogen and oxygen atoms in total. The minimum Gasteiger partial charge on any atom is -0.380 e. The molecule has 2 fully saturated rings. The van der Waals surface area contributed by atoms with E-state index in [1.54, 1.807) is 0 Å². The highest BCUT2D eigenvalue weighted by molar-refractivity contribution is 4.96. The maximum atomic E-state index is 5.67. The van der Waals surface area contributed by atoms with Gasteiger partial charge in [0.1, 0.15) is 0 Å². The second-order valence-corrected chi connectivity index (χ2v) is 5.79. The zero-order valence-corrected chi connectivity index (χ0v) is 10.9. The van der Waals surface area contributed by atoms with Crippen LogP contribution in [0.1, 0.15) is 20.8 Å². The number of nitrogens with zero attached hydrogens (tertiary/aromatic N) is 1. The first kappa shape index (κ1) is 12.3. The molecule has 0 spiro atoms. The molecule has 2 heterocycles. The van der Waals surface area contributed by atoms with Crippen LogP contribution in [-0.4, -0.2) is 50.3 Å². The van der Waals surface area contributed by atoms with Crippen LogP contribution in [0.15, 0.2) is 0 Å². The first-order valence-electron chi connectivity index (χ1n) is 6.71. The van der Waals surface area contributed by atoms with Crippen molar-refractivity contribution in [3.63, 3.8) is 0 Å². The fourth-order valence-corrected chi connectivity index (χ4v) is 3.05. The Labute approximate surface area is 99.5 Å². The molecule has 0 amide bonds. The summed E-state index contributed by atoms with van der Waals surface area (Å²) in [6.45, 7) is 13.4. The summed E-state index contributed by atoms with van der Waals surface area (Å²) in [5.41, 5.74) is 0. The highest BCUT2D eigenvalue weighted by atomic mass is 16.5. The second kappa shape index (κ2) is 5.48. The molecule has 0 aromatic carbocycles. The van der Waals surface area contributed by atoms with Gasteiger partial charge in [-0.05, 0) is 37.8 Å². The normalized spacial score (nSPS) is 34.9. The van der Waals surface area contributed by atoms with Crippen molar-refractivity contribution in [2.75, 3.05) is 39.4 Å². The second-order valence-electron chi connectivity index (χ2n) is 5.79. The summed E-state index contributed by atoms with van der Waals surface area (Å²) in [6, 6.07) is 0.739. The van der Waals surface area contributed by atoms with E-state index >= 15 is 0 Å².